The molecule has 2 aromatic heterocycles. The number of nitro groups is 1. The van der Waals surface area contributed by atoms with Gasteiger partial charge in [-0.25, -0.2) is 9.48 Å². The highest BCUT2D eigenvalue weighted by Gasteiger charge is 2.25. The molecule has 3 aromatic rings. The van der Waals surface area contributed by atoms with Crippen LogP contribution >= 0.6 is 0 Å². The van der Waals surface area contributed by atoms with E-state index in [2.05, 4.69) is 15.5 Å². The molecule has 1 amide bonds. The van der Waals surface area contributed by atoms with Crippen molar-refractivity contribution in [2.24, 2.45) is 0 Å². The summed E-state index contributed by atoms with van der Waals surface area (Å²) in [6.07, 6.45) is 1.31. The summed E-state index contributed by atoms with van der Waals surface area (Å²) in [4.78, 5) is 35.6. The number of hydrogen-bond donors (Lipinski definition) is 1. The second kappa shape index (κ2) is 8.55. The molecule has 0 fully saturated rings. The van der Waals surface area contributed by atoms with Crippen LogP contribution in [0.2, 0.25) is 0 Å². The number of esters is 1. The largest absolute Gasteiger partial charge is 0.462 e. The van der Waals surface area contributed by atoms with E-state index in [1.807, 2.05) is 6.07 Å². The third-order valence-electron chi connectivity index (χ3n) is 4.34. The fourth-order valence-electron chi connectivity index (χ4n) is 3.01. The number of anilines is 1. The van der Waals surface area contributed by atoms with Crippen molar-refractivity contribution < 1.29 is 19.2 Å². The van der Waals surface area contributed by atoms with E-state index in [-0.39, 0.29) is 41.6 Å². The highest BCUT2D eigenvalue weighted by molar-refractivity contribution is 6.00. The van der Waals surface area contributed by atoms with Crippen molar-refractivity contribution in [3.8, 4) is 5.69 Å². The predicted molar refractivity (Wildman–Crippen MR) is 107 cm³/mol. The molecule has 1 aromatic carbocycles. The van der Waals surface area contributed by atoms with Crippen molar-refractivity contribution in [3.63, 3.8) is 0 Å². The van der Waals surface area contributed by atoms with Gasteiger partial charge in [0, 0.05) is 0 Å². The molecule has 0 atom stereocenters. The van der Waals surface area contributed by atoms with Crippen LogP contribution < -0.4 is 5.32 Å². The first-order chi connectivity index (χ1) is 14.3. The number of ether oxygens (including phenoxy) is 1. The standard InChI is InChI=1S/C19H20N6O5/c1-4-30-19(27)15-10-20-24(14-8-6-5-7-9-14)18(15)21-16(26)11-23-13(3)17(25(28)29)12(2)22-23/h5-10H,4,11H2,1-3H3,(H,21,26). The first-order valence-electron chi connectivity index (χ1n) is 9.12. The first-order valence-corrected chi connectivity index (χ1v) is 9.12. The molecule has 0 aliphatic rings. The summed E-state index contributed by atoms with van der Waals surface area (Å²) in [5.74, 6) is -1.02. The Kier molecular flexibility index (Phi) is 5.90. The lowest BCUT2D eigenvalue weighted by Gasteiger charge is -2.11. The van der Waals surface area contributed by atoms with Gasteiger partial charge in [-0.1, -0.05) is 18.2 Å². The third-order valence-corrected chi connectivity index (χ3v) is 4.34. The zero-order chi connectivity index (χ0) is 21.8. The summed E-state index contributed by atoms with van der Waals surface area (Å²) in [5.41, 5.74) is 1.06. The van der Waals surface area contributed by atoms with Crippen molar-refractivity contribution >= 4 is 23.4 Å². The minimum Gasteiger partial charge on any atom is -0.462 e. The fraction of sp³-hybridized carbons (Fsp3) is 0.263. The summed E-state index contributed by atoms with van der Waals surface area (Å²) in [5, 5.41) is 22.1. The number of aryl methyl sites for hydroxylation is 1. The lowest BCUT2D eigenvalue weighted by atomic mass is 10.3. The van der Waals surface area contributed by atoms with E-state index in [0.717, 1.165) is 0 Å². The SMILES string of the molecule is CCOC(=O)c1cnn(-c2ccccc2)c1NC(=O)Cn1nc(C)c([N+](=O)[O-])c1C. The Bertz CT molecular complexity index is 1100. The van der Waals surface area contributed by atoms with Crippen LogP contribution in [0.5, 0.6) is 0 Å². The van der Waals surface area contributed by atoms with E-state index < -0.39 is 16.8 Å². The van der Waals surface area contributed by atoms with Gasteiger partial charge in [0.2, 0.25) is 5.91 Å². The van der Waals surface area contributed by atoms with E-state index in [4.69, 9.17) is 4.74 Å². The Morgan fingerprint density at radius 3 is 2.53 bits per heavy atom. The zero-order valence-electron chi connectivity index (χ0n) is 16.7. The molecular weight excluding hydrogens is 392 g/mol. The lowest BCUT2D eigenvalue weighted by molar-refractivity contribution is -0.386. The molecule has 3 rings (SSSR count). The van der Waals surface area contributed by atoms with Crippen LogP contribution in [0.3, 0.4) is 0 Å². The zero-order valence-corrected chi connectivity index (χ0v) is 16.7. The summed E-state index contributed by atoms with van der Waals surface area (Å²) >= 11 is 0. The summed E-state index contributed by atoms with van der Waals surface area (Å²) in [6, 6.07) is 8.94. The van der Waals surface area contributed by atoms with Crippen LogP contribution in [0, 0.1) is 24.0 Å². The molecule has 0 aliphatic carbocycles. The quantitative estimate of drug-likeness (QED) is 0.358. The van der Waals surface area contributed by atoms with Crippen LogP contribution in [-0.2, 0) is 16.1 Å². The average molecular weight is 412 g/mol. The van der Waals surface area contributed by atoms with Crippen LogP contribution in [0.1, 0.15) is 28.7 Å². The topological polar surface area (TPSA) is 134 Å². The van der Waals surface area contributed by atoms with E-state index in [1.54, 1.807) is 31.2 Å². The first kappa shape index (κ1) is 20.7. The van der Waals surface area contributed by atoms with Gasteiger partial charge in [0.05, 0.1) is 23.4 Å². The molecular formula is C19H20N6O5. The van der Waals surface area contributed by atoms with Crippen molar-refractivity contribution in [2.45, 2.75) is 27.3 Å². The van der Waals surface area contributed by atoms with Gasteiger partial charge in [0.1, 0.15) is 23.5 Å². The number of benzene rings is 1. The summed E-state index contributed by atoms with van der Waals surface area (Å²) < 4.78 is 7.70. The van der Waals surface area contributed by atoms with Gasteiger partial charge in [-0.2, -0.15) is 10.2 Å². The molecule has 0 radical (unpaired) electrons. The average Bonchev–Trinajstić information content (AvgIpc) is 3.23. The molecule has 2 heterocycles. The van der Waals surface area contributed by atoms with E-state index in [1.165, 1.54) is 29.4 Å². The number of carbonyl (C=O) groups excluding carboxylic acids is 2. The molecule has 0 spiro atoms. The highest BCUT2D eigenvalue weighted by Crippen LogP contribution is 2.23. The Hall–Kier alpha value is -4.02. The molecule has 11 heteroatoms. The van der Waals surface area contributed by atoms with Gasteiger partial charge in [0.15, 0.2) is 5.82 Å². The van der Waals surface area contributed by atoms with Gasteiger partial charge in [-0.05, 0) is 32.9 Å². The Labute approximate surface area is 171 Å². The van der Waals surface area contributed by atoms with Gasteiger partial charge in [-0.3, -0.25) is 19.6 Å². The number of hydrogen-bond acceptors (Lipinski definition) is 7. The number of nitrogens with zero attached hydrogens (tertiary/aromatic N) is 5. The summed E-state index contributed by atoms with van der Waals surface area (Å²) in [7, 11) is 0. The minimum atomic E-state index is -0.628. The van der Waals surface area contributed by atoms with Gasteiger partial charge in [0.25, 0.3) is 0 Å². The van der Waals surface area contributed by atoms with Gasteiger partial charge < -0.3 is 10.1 Å². The maximum absolute atomic E-state index is 12.7. The number of carbonyl (C=O) groups is 2. The number of para-hydroxylation sites is 1. The number of amides is 1. The number of nitrogens with one attached hydrogen (secondary N) is 1. The van der Waals surface area contributed by atoms with E-state index in [0.29, 0.717) is 5.69 Å². The smallest absolute Gasteiger partial charge is 0.343 e. The second-order valence-electron chi connectivity index (χ2n) is 6.36. The maximum Gasteiger partial charge on any atom is 0.343 e. The van der Waals surface area contributed by atoms with Crippen LogP contribution in [0.25, 0.3) is 5.69 Å². The van der Waals surface area contributed by atoms with Gasteiger partial charge >= 0.3 is 11.7 Å². The normalized spacial score (nSPS) is 10.6. The third kappa shape index (κ3) is 4.04. The van der Waals surface area contributed by atoms with Crippen LogP contribution in [0.15, 0.2) is 36.5 Å². The fourth-order valence-corrected chi connectivity index (χ4v) is 3.01. The molecule has 0 bridgehead atoms. The maximum atomic E-state index is 12.7. The lowest BCUT2D eigenvalue weighted by Crippen LogP contribution is -2.23. The monoisotopic (exact) mass is 412 g/mol. The van der Waals surface area contributed by atoms with Crippen molar-refractivity contribution in [1.82, 2.24) is 19.6 Å². The molecule has 11 nitrogen and oxygen atoms in total. The molecule has 30 heavy (non-hydrogen) atoms. The predicted octanol–water partition coefficient (Wildman–Crippen LogP) is 2.41. The van der Waals surface area contributed by atoms with Crippen LogP contribution in [0.4, 0.5) is 11.5 Å². The Morgan fingerprint density at radius 2 is 1.93 bits per heavy atom. The molecule has 0 aliphatic heterocycles. The highest BCUT2D eigenvalue weighted by atomic mass is 16.6. The van der Waals surface area contributed by atoms with Crippen molar-refractivity contribution in [2.75, 3.05) is 11.9 Å². The van der Waals surface area contributed by atoms with Crippen LogP contribution in [-0.4, -0.2) is 43.0 Å². The van der Waals surface area contributed by atoms with E-state index in [9.17, 15) is 19.7 Å². The second-order valence-corrected chi connectivity index (χ2v) is 6.36. The molecule has 0 unspecified atom stereocenters. The molecule has 1 N–H and O–H groups in total. The Balaban J connectivity index is 1.92. The molecule has 0 saturated heterocycles. The minimum absolute atomic E-state index is 0.0911. The van der Waals surface area contributed by atoms with Crippen molar-refractivity contribution in [3.05, 3.63) is 63.6 Å². The van der Waals surface area contributed by atoms with Crippen molar-refractivity contribution in [1.29, 1.82) is 0 Å². The molecule has 0 saturated carbocycles. The molecule has 156 valence electrons. The van der Waals surface area contributed by atoms with E-state index >= 15 is 0 Å². The number of rotatable bonds is 7. The Morgan fingerprint density at radius 1 is 1.23 bits per heavy atom. The number of aromatic nitrogens is 4. The van der Waals surface area contributed by atoms with Gasteiger partial charge in [-0.15, -0.1) is 0 Å². The summed E-state index contributed by atoms with van der Waals surface area (Å²) in [6.45, 7) is 4.58.